The summed E-state index contributed by atoms with van der Waals surface area (Å²) < 4.78 is 2.01. The van der Waals surface area contributed by atoms with Crippen LogP contribution >= 0.6 is 31.9 Å². The molecular weight excluding hydrogens is 460 g/mol. The lowest BCUT2D eigenvalue weighted by atomic mass is 9.77. The van der Waals surface area contributed by atoms with Crippen LogP contribution in [0.1, 0.15) is 36.4 Å². The second-order valence-corrected chi connectivity index (χ2v) is 8.19. The molecule has 0 amide bonds. The number of hydrogen-bond donors (Lipinski definition) is 3. The molecule has 26 heavy (non-hydrogen) atoms. The summed E-state index contributed by atoms with van der Waals surface area (Å²) in [7, 11) is 0. The molecule has 2 aromatic rings. The Morgan fingerprint density at radius 3 is 2.23 bits per heavy atom. The number of allylic oxidation sites excluding steroid dienone is 1. The van der Waals surface area contributed by atoms with Gasteiger partial charge in [-0.3, -0.25) is 0 Å². The molecule has 136 valence electrons. The van der Waals surface area contributed by atoms with Crippen LogP contribution in [0.2, 0.25) is 0 Å². The highest BCUT2D eigenvalue weighted by atomic mass is 79.9. The Balaban J connectivity index is 1.91. The maximum absolute atomic E-state index is 9.80. The molecule has 0 radical (unpaired) electrons. The second-order valence-electron chi connectivity index (χ2n) is 6.36. The van der Waals surface area contributed by atoms with Gasteiger partial charge in [0.2, 0.25) is 0 Å². The highest BCUT2D eigenvalue weighted by Crippen LogP contribution is 2.36. The summed E-state index contributed by atoms with van der Waals surface area (Å²) in [6.07, 6.45) is 4.72. The van der Waals surface area contributed by atoms with Gasteiger partial charge in [0.05, 0.1) is 11.8 Å². The summed E-state index contributed by atoms with van der Waals surface area (Å²) in [5, 5.41) is 23.1. The average molecular weight is 480 g/mol. The fourth-order valence-corrected chi connectivity index (χ4v) is 3.98. The first-order valence-corrected chi connectivity index (χ1v) is 10.0. The maximum atomic E-state index is 9.80. The molecule has 0 spiro atoms. The highest BCUT2D eigenvalue weighted by molar-refractivity contribution is 9.10. The molecule has 1 aliphatic carbocycles. The van der Waals surface area contributed by atoms with Crippen molar-refractivity contribution in [1.29, 1.82) is 0 Å². The number of nitrogens with zero attached hydrogens (tertiary/aromatic N) is 1. The first-order valence-electron chi connectivity index (χ1n) is 8.46. The monoisotopic (exact) mass is 478 g/mol. The summed E-state index contributed by atoms with van der Waals surface area (Å²) in [5.41, 5.74) is 6.07. The zero-order valence-corrected chi connectivity index (χ0v) is 17.2. The van der Waals surface area contributed by atoms with E-state index in [2.05, 4.69) is 48.6 Å². The van der Waals surface area contributed by atoms with E-state index >= 15 is 0 Å². The van der Waals surface area contributed by atoms with E-state index in [1.165, 1.54) is 0 Å². The summed E-state index contributed by atoms with van der Waals surface area (Å²) in [4.78, 5) is 0. The minimum atomic E-state index is -0.331. The van der Waals surface area contributed by atoms with E-state index in [4.69, 9.17) is 0 Å². The molecule has 0 heterocycles. The van der Waals surface area contributed by atoms with E-state index < -0.39 is 0 Å². The molecule has 4 nitrogen and oxygen atoms in total. The molecule has 3 rings (SSSR count). The van der Waals surface area contributed by atoms with Crippen LogP contribution in [0.25, 0.3) is 6.08 Å². The van der Waals surface area contributed by atoms with Crippen LogP contribution in [0.3, 0.4) is 0 Å². The summed E-state index contributed by atoms with van der Waals surface area (Å²) in [5.74, 6) is -0.110. The van der Waals surface area contributed by atoms with E-state index in [1.807, 2.05) is 48.5 Å². The lowest BCUT2D eigenvalue weighted by Crippen LogP contribution is -2.34. The summed E-state index contributed by atoms with van der Waals surface area (Å²) in [6, 6.07) is 15.5. The predicted octanol–water partition coefficient (Wildman–Crippen LogP) is 5.95. The van der Waals surface area contributed by atoms with E-state index in [1.54, 1.807) is 0 Å². The van der Waals surface area contributed by atoms with Crippen LogP contribution in [0, 0.1) is 5.92 Å². The number of halogens is 2. The zero-order valence-electron chi connectivity index (χ0n) is 14.1. The Morgan fingerprint density at radius 1 is 1.04 bits per heavy atom. The second kappa shape index (κ2) is 8.95. The van der Waals surface area contributed by atoms with Crippen molar-refractivity contribution in [2.45, 2.75) is 25.3 Å². The molecule has 1 aliphatic rings. The quantitative estimate of drug-likeness (QED) is 0.375. The summed E-state index contributed by atoms with van der Waals surface area (Å²) in [6.45, 7) is 0. The Hall–Kier alpha value is -1.47. The minimum absolute atomic E-state index is 0.110. The van der Waals surface area contributed by atoms with Crippen LogP contribution < -0.4 is 5.48 Å². The van der Waals surface area contributed by atoms with Gasteiger partial charge in [0, 0.05) is 14.9 Å². The summed E-state index contributed by atoms with van der Waals surface area (Å²) >= 11 is 6.87. The van der Waals surface area contributed by atoms with E-state index in [0.29, 0.717) is 5.71 Å². The van der Waals surface area contributed by atoms with Gasteiger partial charge in [-0.2, -0.15) is 5.48 Å². The molecule has 2 aromatic carbocycles. The molecule has 0 saturated heterocycles. The molecule has 0 bridgehead atoms. The molecule has 1 fully saturated rings. The lowest BCUT2D eigenvalue weighted by molar-refractivity contribution is 0.106. The molecule has 1 saturated carbocycles. The number of hydrogen-bond acceptors (Lipinski definition) is 4. The fraction of sp³-hybridized carbons (Fsp3) is 0.250. The van der Waals surface area contributed by atoms with Gasteiger partial charge in [-0.25, -0.2) is 0 Å². The van der Waals surface area contributed by atoms with Gasteiger partial charge < -0.3 is 10.4 Å². The predicted molar refractivity (Wildman–Crippen MR) is 110 cm³/mol. The zero-order chi connectivity index (χ0) is 18.5. The number of nitrogens with one attached hydrogen (secondary N) is 1. The van der Waals surface area contributed by atoms with Gasteiger partial charge in [0.1, 0.15) is 0 Å². The van der Waals surface area contributed by atoms with Gasteiger partial charge >= 0.3 is 0 Å². The molecule has 2 atom stereocenters. The van der Waals surface area contributed by atoms with Gasteiger partial charge in [0.25, 0.3) is 0 Å². The van der Waals surface area contributed by atoms with Crippen molar-refractivity contribution in [3.05, 3.63) is 74.2 Å². The van der Waals surface area contributed by atoms with Crippen molar-refractivity contribution in [2.75, 3.05) is 0 Å². The molecule has 6 heteroatoms. The minimum Gasteiger partial charge on any atom is -0.411 e. The number of rotatable bonds is 4. The maximum Gasteiger partial charge on any atom is 0.0878 e. The normalized spacial score (nSPS) is 21.9. The Morgan fingerprint density at radius 2 is 1.65 bits per heavy atom. The molecular formula is C20H20Br2N2O2. The van der Waals surface area contributed by atoms with Crippen LogP contribution in [-0.4, -0.2) is 16.1 Å². The largest absolute Gasteiger partial charge is 0.411 e. The van der Waals surface area contributed by atoms with Crippen LogP contribution in [0.5, 0.6) is 0 Å². The molecule has 0 aromatic heterocycles. The van der Waals surface area contributed by atoms with Crippen molar-refractivity contribution in [3.8, 4) is 0 Å². The first kappa shape index (κ1) is 19.3. The first-order chi connectivity index (χ1) is 12.6. The van der Waals surface area contributed by atoms with E-state index in [-0.39, 0.29) is 12.0 Å². The number of hydroxylamine groups is 1. The van der Waals surface area contributed by atoms with Gasteiger partial charge in [0.15, 0.2) is 0 Å². The average Bonchev–Trinajstić information content (AvgIpc) is 2.66. The van der Waals surface area contributed by atoms with Gasteiger partial charge in [-0.1, -0.05) is 61.3 Å². The lowest BCUT2D eigenvalue weighted by Gasteiger charge is -2.31. The fourth-order valence-electron chi connectivity index (χ4n) is 3.45. The van der Waals surface area contributed by atoms with Gasteiger partial charge in [-0.15, -0.1) is 0 Å². The number of oxime groups is 1. The van der Waals surface area contributed by atoms with Crippen molar-refractivity contribution >= 4 is 43.6 Å². The Labute approximate surface area is 169 Å². The molecule has 2 unspecified atom stereocenters. The van der Waals surface area contributed by atoms with E-state index in [0.717, 1.165) is 44.9 Å². The van der Waals surface area contributed by atoms with Crippen LogP contribution in [0.15, 0.2) is 68.2 Å². The topological polar surface area (TPSA) is 64.9 Å². The smallest absolute Gasteiger partial charge is 0.0878 e. The Kier molecular flexibility index (Phi) is 6.64. The third-order valence-electron chi connectivity index (χ3n) is 4.73. The van der Waals surface area contributed by atoms with Crippen LogP contribution in [0.4, 0.5) is 0 Å². The van der Waals surface area contributed by atoms with Crippen molar-refractivity contribution < 1.29 is 10.4 Å². The van der Waals surface area contributed by atoms with Crippen molar-refractivity contribution in [3.63, 3.8) is 0 Å². The SMILES string of the molecule is O/N=C1/C(=C\c2ccc(Br)cc2)CCCC1C(NO)c1ccc(Br)cc1. The number of benzene rings is 2. The van der Waals surface area contributed by atoms with Crippen molar-refractivity contribution in [2.24, 2.45) is 11.1 Å². The third kappa shape index (κ3) is 4.43. The standard InChI is InChI=1S/C20H20Br2N2O2/c21-16-8-4-13(5-9-16)12-15-2-1-3-18(20(15)24-26)19(23-25)14-6-10-17(22)11-7-14/h4-12,18-19,23,25-26H,1-3H2/b15-12-,24-20-. The molecule has 3 N–H and O–H groups in total. The van der Waals surface area contributed by atoms with Crippen molar-refractivity contribution in [1.82, 2.24) is 5.48 Å². The Bertz CT molecular complexity index is 802. The highest BCUT2D eigenvalue weighted by Gasteiger charge is 2.32. The third-order valence-corrected chi connectivity index (χ3v) is 5.79. The van der Waals surface area contributed by atoms with Crippen LogP contribution in [-0.2, 0) is 0 Å². The van der Waals surface area contributed by atoms with Gasteiger partial charge in [-0.05, 0) is 66.3 Å². The van der Waals surface area contributed by atoms with E-state index in [9.17, 15) is 10.4 Å². The molecule has 0 aliphatic heterocycles.